The molecule has 5 heteroatoms. The second-order valence-electron chi connectivity index (χ2n) is 4.81. The molecule has 0 saturated heterocycles. The van der Waals surface area contributed by atoms with Gasteiger partial charge in [-0.3, -0.25) is 9.69 Å². The van der Waals surface area contributed by atoms with Crippen LogP contribution in [-0.4, -0.2) is 23.4 Å². The number of hydrogen-bond donors (Lipinski definition) is 1. The maximum atomic E-state index is 12.3. The number of hydrogen-bond acceptors (Lipinski definition) is 3. The molecular formula is C16H19ClN2OS. The number of thiophene rings is 1. The quantitative estimate of drug-likeness (QED) is 0.862. The van der Waals surface area contributed by atoms with Crippen molar-refractivity contribution in [2.24, 2.45) is 0 Å². The van der Waals surface area contributed by atoms with E-state index in [0.717, 1.165) is 18.8 Å². The lowest BCUT2D eigenvalue weighted by molar-refractivity contribution is -0.120. The number of likely N-dealkylation sites (N-methyl/N-ethyl adjacent to an activating group) is 1. The first kappa shape index (κ1) is 16.0. The minimum absolute atomic E-state index is 0.00396. The molecule has 1 atom stereocenters. The van der Waals surface area contributed by atoms with Gasteiger partial charge in [0.15, 0.2) is 0 Å². The zero-order chi connectivity index (χ0) is 15.2. The van der Waals surface area contributed by atoms with E-state index in [-0.39, 0.29) is 11.9 Å². The number of amides is 1. The summed E-state index contributed by atoms with van der Waals surface area (Å²) in [6.45, 7) is 5.62. The molecule has 0 aliphatic rings. The van der Waals surface area contributed by atoms with Crippen molar-refractivity contribution < 1.29 is 4.79 Å². The van der Waals surface area contributed by atoms with Crippen LogP contribution in [0, 0.1) is 0 Å². The Balaban J connectivity index is 1.97. The van der Waals surface area contributed by atoms with E-state index in [0.29, 0.717) is 5.02 Å². The van der Waals surface area contributed by atoms with Crippen molar-refractivity contribution in [3.63, 3.8) is 0 Å². The fourth-order valence-corrected chi connectivity index (χ4v) is 2.93. The Hall–Kier alpha value is -1.36. The van der Waals surface area contributed by atoms with Gasteiger partial charge in [0.1, 0.15) is 0 Å². The predicted molar refractivity (Wildman–Crippen MR) is 89.9 cm³/mol. The molecular weight excluding hydrogens is 304 g/mol. The van der Waals surface area contributed by atoms with E-state index in [2.05, 4.69) is 28.6 Å². The third-order valence-electron chi connectivity index (χ3n) is 3.38. The molecule has 0 fully saturated rings. The van der Waals surface area contributed by atoms with E-state index in [1.54, 1.807) is 23.5 Å². The van der Waals surface area contributed by atoms with Crippen LogP contribution in [0.5, 0.6) is 0 Å². The van der Waals surface area contributed by atoms with Crippen molar-refractivity contribution in [1.29, 1.82) is 0 Å². The normalized spacial score (nSPS) is 12.4. The van der Waals surface area contributed by atoms with Crippen LogP contribution in [0.15, 0.2) is 41.8 Å². The first-order chi connectivity index (χ1) is 10.1. The van der Waals surface area contributed by atoms with Gasteiger partial charge in [-0.15, -0.1) is 11.3 Å². The lowest BCUT2D eigenvalue weighted by atomic mass is 10.2. The van der Waals surface area contributed by atoms with Crippen molar-refractivity contribution >= 4 is 34.5 Å². The molecule has 0 radical (unpaired) electrons. The number of carbonyl (C=O) groups excluding carboxylic acids is 1. The van der Waals surface area contributed by atoms with Gasteiger partial charge in [-0.1, -0.05) is 24.6 Å². The lowest BCUT2D eigenvalue weighted by Gasteiger charge is -2.26. The first-order valence-corrected chi connectivity index (χ1v) is 8.18. The molecule has 1 heterocycles. The highest BCUT2D eigenvalue weighted by Crippen LogP contribution is 2.16. The van der Waals surface area contributed by atoms with Crippen molar-refractivity contribution in [3.05, 3.63) is 51.7 Å². The van der Waals surface area contributed by atoms with Crippen LogP contribution in [0.2, 0.25) is 5.02 Å². The minimum Gasteiger partial charge on any atom is -0.325 e. The van der Waals surface area contributed by atoms with E-state index >= 15 is 0 Å². The van der Waals surface area contributed by atoms with Gasteiger partial charge < -0.3 is 5.32 Å². The van der Waals surface area contributed by atoms with Crippen LogP contribution in [0.25, 0.3) is 0 Å². The number of nitrogens with zero attached hydrogens (tertiary/aromatic N) is 1. The molecule has 0 spiro atoms. The molecule has 1 aromatic carbocycles. The van der Waals surface area contributed by atoms with Crippen LogP contribution < -0.4 is 5.32 Å². The van der Waals surface area contributed by atoms with Gasteiger partial charge in [-0.05, 0) is 49.2 Å². The average molecular weight is 323 g/mol. The summed E-state index contributed by atoms with van der Waals surface area (Å²) < 4.78 is 0. The van der Waals surface area contributed by atoms with Crippen LogP contribution in [0.3, 0.4) is 0 Å². The summed E-state index contributed by atoms with van der Waals surface area (Å²) >= 11 is 7.56. The molecule has 2 aromatic rings. The van der Waals surface area contributed by atoms with Gasteiger partial charge in [0, 0.05) is 22.1 Å². The van der Waals surface area contributed by atoms with E-state index in [4.69, 9.17) is 11.6 Å². The molecule has 0 saturated carbocycles. The Kier molecular flexibility index (Phi) is 5.79. The summed E-state index contributed by atoms with van der Waals surface area (Å²) in [5.41, 5.74) is 0.767. The molecule has 1 aromatic heterocycles. The summed E-state index contributed by atoms with van der Waals surface area (Å²) in [5.74, 6) is -0.00396. The van der Waals surface area contributed by atoms with Gasteiger partial charge >= 0.3 is 0 Å². The van der Waals surface area contributed by atoms with E-state index in [1.807, 2.05) is 25.1 Å². The van der Waals surface area contributed by atoms with E-state index < -0.39 is 0 Å². The monoisotopic (exact) mass is 322 g/mol. The Labute approximate surface area is 134 Å². The molecule has 3 nitrogen and oxygen atoms in total. The highest BCUT2D eigenvalue weighted by atomic mass is 35.5. The summed E-state index contributed by atoms with van der Waals surface area (Å²) in [4.78, 5) is 15.8. The molecule has 112 valence electrons. The Morgan fingerprint density at radius 2 is 2.05 bits per heavy atom. The maximum absolute atomic E-state index is 12.3. The first-order valence-electron chi connectivity index (χ1n) is 6.93. The van der Waals surface area contributed by atoms with Crippen LogP contribution in [-0.2, 0) is 11.3 Å². The Morgan fingerprint density at radius 3 is 2.62 bits per heavy atom. The van der Waals surface area contributed by atoms with Crippen LogP contribution in [0.4, 0.5) is 5.69 Å². The molecule has 2 rings (SSSR count). The van der Waals surface area contributed by atoms with E-state index in [9.17, 15) is 4.79 Å². The summed E-state index contributed by atoms with van der Waals surface area (Å²) in [7, 11) is 0. The number of anilines is 1. The number of halogens is 1. The zero-order valence-electron chi connectivity index (χ0n) is 12.2. The van der Waals surface area contributed by atoms with Crippen LogP contribution in [0.1, 0.15) is 18.7 Å². The molecule has 1 N–H and O–H groups in total. The van der Waals surface area contributed by atoms with Gasteiger partial charge in [-0.2, -0.15) is 0 Å². The lowest BCUT2D eigenvalue weighted by Crippen LogP contribution is -2.41. The number of rotatable bonds is 6. The van der Waals surface area contributed by atoms with E-state index in [1.165, 1.54) is 4.88 Å². The van der Waals surface area contributed by atoms with Crippen molar-refractivity contribution in [3.8, 4) is 0 Å². The average Bonchev–Trinajstić information content (AvgIpc) is 2.99. The molecule has 0 unspecified atom stereocenters. The fourth-order valence-electron chi connectivity index (χ4n) is 2.07. The minimum atomic E-state index is -0.187. The second kappa shape index (κ2) is 7.59. The van der Waals surface area contributed by atoms with Gasteiger partial charge in [0.2, 0.25) is 5.91 Å². The molecule has 21 heavy (non-hydrogen) atoms. The number of benzene rings is 1. The Bertz CT molecular complexity index is 568. The smallest absolute Gasteiger partial charge is 0.241 e. The Morgan fingerprint density at radius 1 is 1.33 bits per heavy atom. The van der Waals surface area contributed by atoms with Crippen molar-refractivity contribution in [2.75, 3.05) is 11.9 Å². The second-order valence-corrected chi connectivity index (χ2v) is 6.28. The SMILES string of the molecule is CCN(Cc1cccs1)[C@@H](C)C(=O)Nc1ccc(Cl)cc1. The highest BCUT2D eigenvalue weighted by molar-refractivity contribution is 7.09. The topological polar surface area (TPSA) is 32.3 Å². The largest absolute Gasteiger partial charge is 0.325 e. The zero-order valence-corrected chi connectivity index (χ0v) is 13.7. The van der Waals surface area contributed by atoms with Crippen molar-refractivity contribution in [1.82, 2.24) is 4.90 Å². The maximum Gasteiger partial charge on any atom is 0.241 e. The van der Waals surface area contributed by atoms with Crippen molar-refractivity contribution in [2.45, 2.75) is 26.4 Å². The standard InChI is InChI=1S/C16H19ClN2OS/c1-3-19(11-15-5-4-10-21-15)12(2)16(20)18-14-8-6-13(17)7-9-14/h4-10,12H,3,11H2,1-2H3,(H,18,20)/t12-/m0/s1. The third-order valence-corrected chi connectivity index (χ3v) is 4.50. The molecule has 1 amide bonds. The summed E-state index contributed by atoms with van der Waals surface area (Å²) in [6.07, 6.45) is 0. The highest BCUT2D eigenvalue weighted by Gasteiger charge is 2.20. The predicted octanol–water partition coefficient (Wildman–Crippen LogP) is 4.25. The molecule has 0 bridgehead atoms. The third kappa shape index (κ3) is 4.56. The van der Waals surface area contributed by atoms with Gasteiger partial charge in [0.25, 0.3) is 0 Å². The van der Waals surface area contributed by atoms with Gasteiger partial charge in [-0.25, -0.2) is 0 Å². The number of carbonyl (C=O) groups is 1. The number of nitrogens with one attached hydrogen (secondary N) is 1. The van der Waals surface area contributed by atoms with Crippen LogP contribution >= 0.6 is 22.9 Å². The summed E-state index contributed by atoms with van der Waals surface area (Å²) in [5, 5.41) is 5.65. The molecule has 0 aliphatic carbocycles. The summed E-state index contributed by atoms with van der Waals surface area (Å²) in [6, 6.07) is 11.1. The fraction of sp³-hybridized carbons (Fsp3) is 0.312. The molecule has 0 aliphatic heterocycles. The van der Waals surface area contributed by atoms with Gasteiger partial charge in [0.05, 0.1) is 6.04 Å².